The maximum Gasteiger partial charge on any atom is 0.435 e. The molecular weight excluding hydrogens is 461 g/mol. The van der Waals surface area contributed by atoms with E-state index in [1.54, 1.807) is 23.5 Å². The Bertz CT molecular complexity index is 1190. The Kier molecular flexibility index (Phi) is 5.82. The van der Waals surface area contributed by atoms with Gasteiger partial charge in [0.15, 0.2) is 11.5 Å². The molecule has 0 radical (unpaired) electrons. The molecule has 0 atom stereocenters. The SMILES string of the molecule is CC(C)(c1cccc(-c2cc([Si](C)(C)C)cs2)n1)c1cccc(-n2ccc(C(F)(F)F)n2)n1. The molecule has 0 N–H and O–H groups in total. The number of halogens is 3. The van der Waals surface area contributed by atoms with Gasteiger partial charge in [0.2, 0.25) is 0 Å². The van der Waals surface area contributed by atoms with Crippen molar-refractivity contribution in [1.29, 1.82) is 0 Å². The number of nitrogens with zero attached hydrogens (tertiary/aromatic N) is 4. The lowest BCUT2D eigenvalue weighted by Gasteiger charge is -2.24. The van der Waals surface area contributed by atoms with Gasteiger partial charge in [-0.3, -0.25) is 4.98 Å². The third-order valence-electron chi connectivity index (χ3n) is 5.60. The summed E-state index contributed by atoms with van der Waals surface area (Å²) in [5, 5.41) is 7.27. The van der Waals surface area contributed by atoms with Gasteiger partial charge in [0.05, 0.1) is 30.0 Å². The van der Waals surface area contributed by atoms with Crippen LogP contribution in [0.3, 0.4) is 0 Å². The highest BCUT2D eigenvalue weighted by molar-refractivity contribution is 7.15. The summed E-state index contributed by atoms with van der Waals surface area (Å²) in [5.41, 5.74) is 0.932. The number of alkyl halides is 3. The van der Waals surface area contributed by atoms with Gasteiger partial charge in [-0.1, -0.05) is 31.8 Å². The summed E-state index contributed by atoms with van der Waals surface area (Å²) in [6.45, 7) is 11.0. The molecule has 0 aromatic carbocycles. The first-order chi connectivity index (χ1) is 15.4. The number of aromatic nitrogens is 4. The van der Waals surface area contributed by atoms with Crippen molar-refractivity contribution in [3.8, 4) is 16.4 Å². The molecule has 4 nitrogen and oxygen atoms in total. The van der Waals surface area contributed by atoms with E-state index >= 15 is 0 Å². The van der Waals surface area contributed by atoms with Crippen LogP contribution < -0.4 is 5.19 Å². The van der Waals surface area contributed by atoms with Gasteiger partial charge >= 0.3 is 6.18 Å². The van der Waals surface area contributed by atoms with Crippen LogP contribution in [0.4, 0.5) is 13.2 Å². The van der Waals surface area contributed by atoms with Crippen LogP contribution in [-0.2, 0) is 11.6 Å². The fourth-order valence-corrected chi connectivity index (χ4v) is 6.44. The van der Waals surface area contributed by atoms with Gasteiger partial charge in [-0.05, 0) is 60.8 Å². The molecule has 0 aliphatic heterocycles. The minimum atomic E-state index is -4.50. The van der Waals surface area contributed by atoms with Crippen LogP contribution in [0.15, 0.2) is 60.1 Å². The molecule has 0 unspecified atom stereocenters. The fraction of sp³-hybridized carbons (Fsp3) is 0.292. The molecule has 0 aliphatic carbocycles. The highest BCUT2D eigenvalue weighted by atomic mass is 32.1. The van der Waals surface area contributed by atoms with Gasteiger partial charge in [0, 0.05) is 11.6 Å². The Labute approximate surface area is 196 Å². The van der Waals surface area contributed by atoms with E-state index in [1.807, 2.05) is 38.1 Å². The average Bonchev–Trinajstić information content (AvgIpc) is 3.44. The maximum atomic E-state index is 12.9. The van der Waals surface area contributed by atoms with Crippen LogP contribution in [0, 0.1) is 0 Å². The van der Waals surface area contributed by atoms with E-state index in [4.69, 9.17) is 4.98 Å². The van der Waals surface area contributed by atoms with E-state index < -0.39 is 25.4 Å². The van der Waals surface area contributed by atoms with E-state index in [0.29, 0.717) is 11.5 Å². The lowest BCUT2D eigenvalue weighted by Crippen LogP contribution is -2.36. The first-order valence-corrected chi connectivity index (χ1v) is 14.9. The Balaban J connectivity index is 1.68. The zero-order valence-electron chi connectivity index (χ0n) is 19.1. The lowest BCUT2D eigenvalue weighted by molar-refractivity contribution is -0.141. The lowest BCUT2D eigenvalue weighted by atomic mass is 9.84. The van der Waals surface area contributed by atoms with Crippen LogP contribution in [0.25, 0.3) is 16.4 Å². The number of pyridine rings is 2. The van der Waals surface area contributed by atoms with Gasteiger partial charge in [0.1, 0.15) is 0 Å². The summed E-state index contributed by atoms with van der Waals surface area (Å²) < 4.78 is 40.0. The summed E-state index contributed by atoms with van der Waals surface area (Å²) in [6.07, 6.45) is -3.22. The van der Waals surface area contributed by atoms with E-state index in [1.165, 1.54) is 11.4 Å². The largest absolute Gasteiger partial charge is 0.435 e. The Hall–Kier alpha value is -2.78. The molecule has 0 fully saturated rings. The smallest absolute Gasteiger partial charge is 0.251 e. The number of hydrogen-bond donors (Lipinski definition) is 0. The second kappa shape index (κ2) is 8.21. The van der Waals surface area contributed by atoms with Crippen molar-refractivity contribution in [3.05, 3.63) is 77.2 Å². The monoisotopic (exact) mass is 486 g/mol. The molecule has 4 aromatic heterocycles. The summed E-state index contributed by atoms with van der Waals surface area (Å²) in [5.74, 6) is 0.324. The number of rotatable bonds is 5. The zero-order valence-corrected chi connectivity index (χ0v) is 20.9. The van der Waals surface area contributed by atoms with Crippen molar-refractivity contribution in [3.63, 3.8) is 0 Å². The van der Waals surface area contributed by atoms with E-state index in [9.17, 15) is 13.2 Å². The van der Waals surface area contributed by atoms with Crippen molar-refractivity contribution in [1.82, 2.24) is 19.7 Å². The van der Waals surface area contributed by atoms with Crippen molar-refractivity contribution in [2.75, 3.05) is 0 Å². The molecule has 4 rings (SSSR count). The maximum absolute atomic E-state index is 12.9. The van der Waals surface area contributed by atoms with E-state index in [2.05, 4.69) is 41.2 Å². The summed E-state index contributed by atoms with van der Waals surface area (Å²) in [7, 11) is -1.40. The van der Waals surface area contributed by atoms with Crippen molar-refractivity contribution >= 4 is 24.6 Å². The van der Waals surface area contributed by atoms with Gasteiger partial charge in [0.25, 0.3) is 0 Å². The normalized spacial score (nSPS) is 12.8. The average molecular weight is 487 g/mol. The Morgan fingerprint density at radius 1 is 0.879 bits per heavy atom. The summed E-state index contributed by atoms with van der Waals surface area (Å²) >= 11 is 1.70. The number of thiophene rings is 1. The molecule has 0 saturated carbocycles. The van der Waals surface area contributed by atoms with Crippen LogP contribution >= 0.6 is 11.3 Å². The highest BCUT2D eigenvalue weighted by Crippen LogP contribution is 2.32. The zero-order chi connectivity index (χ0) is 24.0. The third kappa shape index (κ3) is 4.79. The first kappa shape index (κ1) is 23.4. The quantitative estimate of drug-likeness (QED) is 0.312. The van der Waals surface area contributed by atoms with E-state index in [-0.39, 0.29) is 0 Å². The van der Waals surface area contributed by atoms with Gasteiger partial charge in [-0.25, -0.2) is 9.67 Å². The van der Waals surface area contributed by atoms with Crippen molar-refractivity contribution in [2.24, 2.45) is 0 Å². The molecule has 0 spiro atoms. The van der Waals surface area contributed by atoms with Gasteiger partial charge in [-0.2, -0.15) is 18.3 Å². The third-order valence-corrected chi connectivity index (χ3v) is 8.78. The van der Waals surface area contributed by atoms with Gasteiger partial charge < -0.3 is 0 Å². The second-order valence-electron chi connectivity index (χ2n) is 9.51. The predicted octanol–water partition coefficient (Wildman–Crippen LogP) is 6.28. The highest BCUT2D eigenvalue weighted by Gasteiger charge is 2.34. The van der Waals surface area contributed by atoms with Crippen LogP contribution in [-0.4, -0.2) is 27.8 Å². The van der Waals surface area contributed by atoms with Gasteiger partial charge in [-0.15, -0.1) is 11.3 Å². The van der Waals surface area contributed by atoms with Crippen LogP contribution in [0.2, 0.25) is 19.6 Å². The molecule has 0 amide bonds. The number of hydrogen-bond acceptors (Lipinski definition) is 4. The molecule has 4 heterocycles. The molecule has 0 bridgehead atoms. The Morgan fingerprint density at radius 2 is 1.55 bits per heavy atom. The minimum Gasteiger partial charge on any atom is -0.251 e. The van der Waals surface area contributed by atoms with E-state index in [0.717, 1.165) is 27.0 Å². The standard InChI is InChI=1S/C24H25F3N4SSi/c1-23(2,19-9-6-8-17(28-19)18-14-16(15-32-18)33(3,4)5)20-10-7-11-22(29-20)31-13-12-21(30-31)24(25,26)27/h6-15H,1-5H3. The molecule has 172 valence electrons. The Morgan fingerprint density at radius 3 is 2.15 bits per heavy atom. The van der Waals surface area contributed by atoms with Crippen molar-refractivity contribution in [2.45, 2.75) is 45.1 Å². The molecule has 0 aliphatic rings. The molecular formula is C24H25F3N4SSi. The summed E-state index contributed by atoms with van der Waals surface area (Å²) in [4.78, 5) is 10.7. The van der Waals surface area contributed by atoms with Crippen LogP contribution in [0.1, 0.15) is 30.9 Å². The first-order valence-electron chi connectivity index (χ1n) is 10.5. The summed E-state index contributed by atoms with van der Waals surface area (Å²) in [6, 6.07) is 14.4. The van der Waals surface area contributed by atoms with Crippen LogP contribution in [0.5, 0.6) is 0 Å². The molecule has 9 heteroatoms. The molecule has 0 saturated heterocycles. The minimum absolute atomic E-state index is 0.324. The second-order valence-corrected chi connectivity index (χ2v) is 15.5. The van der Waals surface area contributed by atoms with Crippen molar-refractivity contribution < 1.29 is 13.2 Å². The molecule has 4 aromatic rings. The fourth-order valence-electron chi connectivity index (χ4n) is 3.42. The predicted molar refractivity (Wildman–Crippen MR) is 129 cm³/mol. The topological polar surface area (TPSA) is 43.6 Å². The molecule has 33 heavy (non-hydrogen) atoms.